The molecule has 0 amide bonds. The van der Waals surface area contributed by atoms with Crippen LogP contribution in [0.3, 0.4) is 0 Å². The van der Waals surface area contributed by atoms with Crippen LogP contribution in [0.25, 0.3) is 0 Å². The van der Waals surface area contributed by atoms with Gasteiger partial charge in [0.2, 0.25) is 0 Å². The number of hydrogen-bond donors (Lipinski definition) is 0. The minimum Gasteiger partial charge on any atom is -0.0848 e. The zero-order valence-electron chi connectivity index (χ0n) is 15.9. The Balaban J connectivity index is 0.000000488. The summed E-state index contributed by atoms with van der Waals surface area (Å²) in [6.07, 6.45) is 13.4. The topological polar surface area (TPSA) is 0 Å². The molecule has 0 saturated heterocycles. The fraction of sp³-hybridized carbons (Fsp3) is 0.333. The minimum absolute atomic E-state index is 1.12. The molecule has 0 aliphatic carbocycles. The molecule has 0 unspecified atom stereocenters. The number of unbranched alkanes of at least 4 members (excludes halogenated alkanes) is 1. The first-order chi connectivity index (χ1) is 11.8. The molecule has 0 nitrogen and oxygen atoms in total. The highest BCUT2D eigenvalue weighted by molar-refractivity contribution is 5.14. The molecule has 0 atom stereocenters. The summed E-state index contributed by atoms with van der Waals surface area (Å²) in [6.45, 7) is 8.24. The first-order valence-corrected chi connectivity index (χ1v) is 9.20. The molecule has 0 fully saturated rings. The summed E-state index contributed by atoms with van der Waals surface area (Å²) in [5.74, 6) is 0. The van der Waals surface area contributed by atoms with Crippen molar-refractivity contribution in [3.05, 3.63) is 96.1 Å². The monoisotopic (exact) mass is 322 g/mol. The molecule has 0 aromatic heterocycles. The molecule has 2 aromatic rings. The van der Waals surface area contributed by atoms with Gasteiger partial charge in [-0.1, -0.05) is 111 Å². The predicted octanol–water partition coefficient (Wildman–Crippen LogP) is 7.55. The summed E-state index contributed by atoms with van der Waals surface area (Å²) in [7, 11) is 0. The largest absolute Gasteiger partial charge is 0.0848 e. The van der Waals surface area contributed by atoms with Gasteiger partial charge in [0.15, 0.2) is 0 Å². The van der Waals surface area contributed by atoms with Gasteiger partial charge in [0.25, 0.3) is 0 Å². The maximum atomic E-state index is 2.25. The quantitative estimate of drug-likeness (QED) is 0.380. The van der Waals surface area contributed by atoms with E-state index >= 15 is 0 Å². The van der Waals surface area contributed by atoms with Gasteiger partial charge in [-0.25, -0.2) is 0 Å². The second kappa shape index (κ2) is 17.3. The summed E-state index contributed by atoms with van der Waals surface area (Å²) in [5, 5.41) is 0. The number of hydrogen-bond acceptors (Lipinski definition) is 0. The fourth-order valence-corrected chi connectivity index (χ4v) is 1.99. The fourth-order valence-electron chi connectivity index (χ4n) is 1.99. The van der Waals surface area contributed by atoms with Crippen molar-refractivity contribution in [2.24, 2.45) is 0 Å². The van der Waals surface area contributed by atoms with Crippen LogP contribution in [0.15, 0.2) is 85.0 Å². The molecule has 0 spiro atoms. The first-order valence-electron chi connectivity index (χ1n) is 9.20. The molecule has 0 N–H and O–H groups in total. The normalized spacial score (nSPS) is 10.0. The van der Waals surface area contributed by atoms with E-state index in [2.05, 4.69) is 80.6 Å². The van der Waals surface area contributed by atoms with Crippen molar-refractivity contribution < 1.29 is 0 Å². The van der Waals surface area contributed by atoms with Gasteiger partial charge in [0.05, 0.1) is 0 Å². The highest BCUT2D eigenvalue weighted by Crippen LogP contribution is 2.04. The Morgan fingerprint density at radius 3 is 1.79 bits per heavy atom. The number of aryl methyl sites for hydroxylation is 2. The van der Waals surface area contributed by atoms with Gasteiger partial charge in [-0.15, -0.1) is 0 Å². The Hall–Kier alpha value is -2.08. The SMILES string of the molecule is CC.CC/C=C\C=C/CCCc1ccccc1.Cc1ccccc1. The highest BCUT2D eigenvalue weighted by atomic mass is 13.9. The molecule has 0 heteroatoms. The lowest BCUT2D eigenvalue weighted by Crippen LogP contribution is -1.82. The summed E-state index contributed by atoms with van der Waals surface area (Å²) in [6, 6.07) is 20.9. The first kappa shape index (κ1) is 21.9. The van der Waals surface area contributed by atoms with Crippen LogP contribution in [-0.2, 0) is 6.42 Å². The third-order valence-electron chi connectivity index (χ3n) is 3.24. The molecule has 0 bridgehead atoms. The van der Waals surface area contributed by atoms with Crippen molar-refractivity contribution in [2.45, 2.75) is 53.4 Å². The molecular weight excluding hydrogens is 288 g/mol. The van der Waals surface area contributed by atoms with Gasteiger partial charge in [0, 0.05) is 0 Å². The van der Waals surface area contributed by atoms with Crippen molar-refractivity contribution in [1.29, 1.82) is 0 Å². The molecular formula is C24H34. The third kappa shape index (κ3) is 13.6. The van der Waals surface area contributed by atoms with E-state index in [1.807, 2.05) is 32.0 Å². The van der Waals surface area contributed by atoms with E-state index in [9.17, 15) is 0 Å². The van der Waals surface area contributed by atoms with Crippen LogP contribution in [-0.4, -0.2) is 0 Å². The lowest BCUT2D eigenvalue weighted by molar-refractivity contribution is 0.843. The maximum absolute atomic E-state index is 2.25. The summed E-state index contributed by atoms with van der Waals surface area (Å²) in [5.41, 5.74) is 2.76. The number of rotatable bonds is 6. The zero-order valence-corrected chi connectivity index (χ0v) is 15.9. The van der Waals surface area contributed by atoms with Crippen molar-refractivity contribution in [3.63, 3.8) is 0 Å². The molecule has 130 valence electrons. The number of benzene rings is 2. The van der Waals surface area contributed by atoms with Gasteiger partial charge >= 0.3 is 0 Å². The Morgan fingerprint density at radius 2 is 1.29 bits per heavy atom. The lowest BCUT2D eigenvalue weighted by Gasteiger charge is -1.97. The van der Waals surface area contributed by atoms with Gasteiger partial charge in [0.1, 0.15) is 0 Å². The average molecular weight is 323 g/mol. The minimum atomic E-state index is 1.12. The second-order valence-corrected chi connectivity index (χ2v) is 5.30. The Morgan fingerprint density at radius 1 is 0.750 bits per heavy atom. The van der Waals surface area contributed by atoms with Crippen LogP contribution in [0, 0.1) is 6.92 Å². The van der Waals surface area contributed by atoms with Gasteiger partial charge in [-0.2, -0.15) is 0 Å². The highest BCUT2D eigenvalue weighted by Gasteiger charge is 1.88. The van der Waals surface area contributed by atoms with E-state index in [1.165, 1.54) is 30.4 Å². The summed E-state index contributed by atoms with van der Waals surface area (Å²) in [4.78, 5) is 0. The van der Waals surface area contributed by atoms with E-state index in [1.54, 1.807) is 0 Å². The molecule has 2 aromatic carbocycles. The molecule has 0 heterocycles. The molecule has 0 aliphatic rings. The maximum Gasteiger partial charge on any atom is -0.0276 e. The Labute approximate surface area is 150 Å². The van der Waals surface area contributed by atoms with Crippen molar-refractivity contribution in [1.82, 2.24) is 0 Å². The van der Waals surface area contributed by atoms with Crippen molar-refractivity contribution in [2.75, 3.05) is 0 Å². The smallest absolute Gasteiger partial charge is 0.0276 e. The van der Waals surface area contributed by atoms with E-state index in [4.69, 9.17) is 0 Å². The molecule has 24 heavy (non-hydrogen) atoms. The third-order valence-corrected chi connectivity index (χ3v) is 3.24. The lowest BCUT2D eigenvalue weighted by atomic mass is 10.1. The standard InChI is InChI=1S/C15H20.C7H8.C2H6/c1-2-3-4-5-6-7-9-12-15-13-10-8-11-14-15;1-7-5-3-2-4-6-7;1-2/h3-6,8,10-11,13-14H,2,7,9,12H2,1H3;2-6H,1H3;1-2H3/b4-3-,6-5-;;. The van der Waals surface area contributed by atoms with Crippen LogP contribution < -0.4 is 0 Å². The van der Waals surface area contributed by atoms with Crippen LogP contribution in [0.4, 0.5) is 0 Å². The average Bonchev–Trinajstić information content (AvgIpc) is 2.65. The van der Waals surface area contributed by atoms with Crippen molar-refractivity contribution in [3.8, 4) is 0 Å². The summed E-state index contributed by atoms with van der Waals surface area (Å²) < 4.78 is 0. The van der Waals surface area contributed by atoms with Crippen LogP contribution in [0.1, 0.15) is 51.2 Å². The predicted molar refractivity (Wildman–Crippen MR) is 110 cm³/mol. The van der Waals surface area contributed by atoms with Crippen LogP contribution >= 0.6 is 0 Å². The molecule has 0 saturated carbocycles. The van der Waals surface area contributed by atoms with Gasteiger partial charge in [-0.3, -0.25) is 0 Å². The number of allylic oxidation sites excluding steroid dienone is 4. The second-order valence-electron chi connectivity index (χ2n) is 5.30. The van der Waals surface area contributed by atoms with E-state index < -0.39 is 0 Å². The van der Waals surface area contributed by atoms with E-state index in [0.29, 0.717) is 0 Å². The summed E-state index contributed by atoms with van der Waals surface area (Å²) >= 11 is 0. The van der Waals surface area contributed by atoms with Crippen molar-refractivity contribution >= 4 is 0 Å². The van der Waals surface area contributed by atoms with Crippen LogP contribution in [0.2, 0.25) is 0 Å². The molecule has 0 aliphatic heterocycles. The Bertz CT molecular complexity index is 520. The van der Waals surface area contributed by atoms with Crippen LogP contribution in [0.5, 0.6) is 0 Å². The van der Waals surface area contributed by atoms with E-state index in [0.717, 1.165) is 6.42 Å². The molecule has 2 rings (SSSR count). The van der Waals surface area contributed by atoms with E-state index in [-0.39, 0.29) is 0 Å². The zero-order chi connectivity index (χ0) is 17.9. The van der Waals surface area contributed by atoms with Gasteiger partial charge in [-0.05, 0) is 38.2 Å². The van der Waals surface area contributed by atoms with Gasteiger partial charge < -0.3 is 0 Å². The Kier molecular flexibility index (Phi) is 15.8. The molecule has 0 radical (unpaired) electrons.